The molecule has 1 amide bonds. The third-order valence-corrected chi connectivity index (χ3v) is 5.20. The third kappa shape index (κ3) is 3.02. The lowest BCUT2D eigenvalue weighted by molar-refractivity contribution is 0.0751. The van der Waals surface area contributed by atoms with Crippen LogP contribution in [0.1, 0.15) is 25.7 Å². The van der Waals surface area contributed by atoms with Gasteiger partial charge in [-0.3, -0.25) is 4.79 Å². The van der Waals surface area contributed by atoms with Gasteiger partial charge in [0.2, 0.25) is 0 Å². The van der Waals surface area contributed by atoms with Crippen molar-refractivity contribution in [1.82, 2.24) is 4.90 Å². The van der Waals surface area contributed by atoms with Gasteiger partial charge in [0.25, 0.3) is 5.91 Å². The van der Waals surface area contributed by atoms with Gasteiger partial charge in [-0.1, -0.05) is 17.7 Å². The van der Waals surface area contributed by atoms with Crippen molar-refractivity contribution in [3.63, 3.8) is 0 Å². The van der Waals surface area contributed by atoms with E-state index < -0.39 is 0 Å². The van der Waals surface area contributed by atoms with Crippen molar-refractivity contribution >= 4 is 22.9 Å². The summed E-state index contributed by atoms with van der Waals surface area (Å²) in [6.07, 6.45) is 0. The molecule has 22 heavy (non-hydrogen) atoms. The van der Waals surface area contributed by atoms with E-state index in [2.05, 4.69) is 36.9 Å². The van der Waals surface area contributed by atoms with Crippen molar-refractivity contribution in [1.29, 1.82) is 0 Å². The first kappa shape index (κ1) is 15.1. The van der Waals surface area contributed by atoms with Crippen molar-refractivity contribution in [3.8, 4) is 0 Å². The largest absolute Gasteiger partial charge is 0.368 e. The van der Waals surface area contributed by atoms with Crippen molar-refractivity contribution in [3.05, 3.63) is 51.2 Å². The van der Waals surface area contributed by atoms with Crippen molar-refractivity contribution in [2.45, 2.75) is 20.8 Å². The van der Waals surface area contributed by atoms with Gasteiger partial charge in [-0.15, -0.1) is 11.3 Å². The summed E-state index contributed by atoms with van der Waals surface area (Å²) >= 11 is 1.59. The summed E-state index contributed by atoms with van der Waals surface area (Å²) < 4.78 is 0. The average molecular weight is 314 g/mol. The fourth-order valence-electron chi connectivity index (χ4n) is 3.02. The van der Waals surface area contributed by atoms with Crippen LogP contribution in [0.15, 0.2) is 30.3 Å². The zero-order chi connectivity index (χ0) is 15.7. The Bertz CT molecular complexity index is 684. The van der Waals surface area contributed by atoms with Crippen LogP contribution in [0.3, 0.4) is 0 Å². The Morgan fingerprint density at radius 1 is 1.00 bits per heavy atom. The summed E-state index contributed by atoms with van der Waals surface area (Å²) in [6, 6.07) is 10.5. The number of thiophene rings is 1. The molecule has 4 heteroatoms. The van der Waals surface area contributed by atoms with E-state index in [-0.39, 0.29) is 5.91 Å². The molecule has 1 aromatic carbocycles. The Morgan fingerprint density at radius 3 is 2.32 bits per heavy atom. The zero-order valence-electron chi connectivity index (χ0n) is 13.4. The molecule has 0 bridgehead atoms. The number of carbonyl (C=O) groups is 1. The number of nitrogens with zero attached hydrogens (tertiary/aromatic N) is 2. The number of hydrogen-bond donors (Lipinski definition) is 0. The fourth-order valence-corrected chi connectivity index (χ4v) is 3.85. The van der Waals surface area contributed by atoms with Gasteiger partial charge < -0.3 is 9.80 Å². The van der Waals surface area contributed by atoms with Gasteiger partial charge in [0.1, 0.15) is 0 Å². The van der Waals surface area contributed by atoms with Crippen LogP contribution in [-0.4, -0.2) is 37.0 Å². The molecule has 1 fully saturated rings. The van der Waals surface area contributed by atoms with E-state index in [0.717, 1.165) is 31.1 Å². The van der Waals surface area contributed by atoms with Crippen LogP contribution in [0.4, 0.5) is 5.69 Å². The molecule has 2 heterocycles. The number of carbonyl (C=O) groups excluding carboxylic acids is 1. The fraction of sp³-hybridized carbons (Fsp3) is 0.389. The first-order valence-corrected chi connectivity index (χ1v) is 8.54. The van der Waals surface area contributed by atoms with Gasteiger partial charge in [-0.05, 0) is 44.5 Å². The molecule has 3 rings (SSSR count). The highest BCUT2D eigenvalue weighted by Crippen LogP contribution is 2.24. The minimum atomic E-state index is 0.179. The number of anilines is 1. The lowest BCUT2D eigenvalue weighted by Gasteiger charge is -2.36. The summed E-state index contributed by atoms with van der Waals surface area (Å²) in [5.74, 6) is 0.179. The second-order valence-electron chi connectivity index (χ2n) is 5.98. The molecule has 1 saturated heterocycles. The summed E-state index contributed by atoms with van der Waals surface area (Å²) in [5.41, 5.74) is 3.90. The van der Waals surface area contributed by atoms with E-state index >= 15 is 0 Å². The maximum Gasteiger partial charge on any atom is 0.264 e. The van der Waals surface area contributed by atoms with Crippen molar-refractivity contribution in [2.24, 2.45) is 0 Å². The van der Waals surface area contributed by atoms with Gasteiger partial charge >= 0.3 is 0 Å². The summed E-state index contributed by atoms with van der Waals surface area (Å²) in [4.78, 5) is 18.9. The second-order valence-corrected chi connectivity index (χ2v) is 7.27. The van der Waals surface area contributed by atoms with E-state index in [9.17, 15) is 4.79 Å². The molecule has 0 atom stereocenters. The normalized spacial score (nSPS) is 15.2. The molecule has 2 aromatic rings. The number of rotatable bonds is 2. The Balaban J connectivity index is 1.66. The molecule has 1 aliphatic rings. The standard InChI is InChI=1S/C18H22N2OS/c1-13-4-6-16(14(2)12-13)19-8-10-20(11-9-19)18(21)17-7-5-15(3)22-17/h4-7,12H,8-11H2,1-3H3. The molecule has 0 unspecified atom stereocenters. The molecule has 116 valence electrons. The van der Waals surface area contributed by atoms with Crippen molar-refractivity contribution < 1.29 is 4.79 Å². The Morgan fingerprint density at radius 2 is 1.73 bits per heavy atom. The molecular formula is C18H22N2OS. The minimum absolute atomic E-state index is 0.179. The van der Waals surface area contributed by atoms with E-state index in [4.69, 9.17) is 0 Å². The van der Waals surface area contributed by atoms with E-state index in [1.165, 1.54) is 21.7 Å². The van der Waals surface area contributed by atoms with Crippen molar-refractivity contribution in [2.75, 3.05) is 31.1 Å². The van der Waals surface area contributed by atoms with Crippen LogP contribution in [0.5, 0.6) is 0 Å². The van der Waals surface area contributed by atoms with E-state index in [1.54, 1.807) is 11.3 Å². The zero-order valence-corrected chi connectivity index (χ0v) is 14.2. The smallest absolute Gasteiger partial charge is 0.264 e. The molecule has 0 aliphatic carbocycles. The molecule has 1 aliphatic heterocycles. The highest BCUT2D eigenvalue weighted by atomic mass is 32.1. The van der Waals surface area contributed by atoms with Gasteiger partial charge in [0.15, 0.2) is 0 Å². The van der Waals surface area contributed by atoms with Crippen LogP contribution < -0.4 is 4.90 Å². The highest BCUT2D eigenvalue weighted by molar-refractivity contribution is 7.13. The predicted molar refractivity (Wildman–Crippen MR) is 93.1 cm³/mol. The third-order valence-electron chi connectivity index (χ3n) is 4.21. The first-order valence-electron chi connectivity index (χ1n) is 7.72. The monoisotopic (exact) mass is 314 g/mol. The van der Waals surface area contributed by atoms with Crippen LogP contribution >= 0.6 is 11.3 Å². The number of benzene rings is 1. The van der Waals surface area contributed by atoms with Crippen LogP contribution in [0.25, 0.3) is 0 Å². The summed E-state index contributed by atoms with van der Waals surface area (Å²) in [7, 11) is 0. The van der Waals surface area contributed by atoms with Gasteiger partial charge in [-0.2, -0.15) is 0 Å². The highest BCUT2D eigenvalue weighted by Gasteiger charge is 2.23. The predicted octanol–water partition coefficient (Wildman–Crippen LogP) is 3.64. The lowest BCUT2D eigenvalue weighted by atomic mass is 10.1. The molecule has 3 nitrogen and oxygen atoms in total. The van der Waals surface area contributed by atoms with E-state index in [0.29, 0.717) is 0 Å². The topological polar surface area (TPSA) is 23.6 Å². The molecule has 0 spiro atoms. The molecule has 0 saturated carbocycles. The molecular weight excluding hydrogens is 292 g/mol. The summed E-state index contributed by atoms with van der Waals surface area (Å²) in [6.45, 7) is 9.72. The molecule has 0 N–H and O–H groups in total. The number of piperazine rings is 1. The van der Waals surface area contributed by atoms with Gasteiger partial charge in [-0.25, -0.2) is 0 Å². The van der Waals surface area contributed by atoms with Crippen LogP contribution in [0.2, 0.25) is 0 Å². The number of aryl methyl sites for hydroxylation is 3. The Hall–Kier alpha value is -1.81. The van der Waals surface area contributed by atoms with Gasteiger partial charge in [0.05, 0.1) is 4.88 Å². The Kier molecular flexibility index (Phi) is 4.21. The maximum atomic E-state index is 12.5. The second kappa shape index (κ2) is 6.13. The van der Waals surface area contributed by atoms with Crippen LogP contribution in [-0.2, 0) is 0 Å². The average Bonchev–Trinajstić information content (AvgIpc) is 2.93. The minimum Gasteiger partial charge on any atom is -0.368 e. The summed E-state index contributed by atoms with van der Waals surface area (Å²) in [5, 5.41) is 0. The van der Waals surface area contributed by atoms with E-state index in [1.807, 2.05) is 24.0 Å². The number of amides is 1. The molecule has 1 aromatic heterocycles. The maximum absolute atomic E-state index is 12.5. The first-order chi connectivity index (χ1) is 10.5. The number of hydrogen-bond acceptors (Lipinski definition) is 3. The Labute approximate surface area is 136 Å². The lowest BCUT2D eigenvalue weighted by Crippen LogP contribution is -2.48. The SMILES string of the molecule is Cc1ccc(N2CCN(C(=O)c3ccc(C)s3)CC2)c(C)c1. The quantitative estimate of drug-likeness (QED) is 0.845. The molecule has 0 radical (unpaired) electrons. The van der Waals surface area contributed by atoms with Crippen LogP contribution in [0, 0.1) is 20.8 Å². The van der Waals surface area contributed by atoms with Gasteiger partial charge in [0, 0.05) is 36.7 Å².